The zero-order chi connectivity index (χ0) is 47.8. The fourth-order valence-corrected chi connectivity index (χ4v) is 13.2. The number of aliphatic carboxylic acids is 1. The Balaban J connectivity index is 0.862. The number of ether oxygens (including phenoxy) is 2. The molecule has 16 nitrogen and oxygen atoms in total. The number of cyclic esters (lactones) is 1. The lowest BCUT2D eigenvalue weighted by Crippen LogP contribution is -2.51. The van der Waals surface area contributed by atoms with E-state index in [-0.39, 0.29) is 42.4 Å². The molecule has 2 aliphatic carbocycles. The molecule has 0 spiro atoms. The number of halogens is 1. The molecule has 4 aliphatic rings. The molecular formula is C49H48IN5O11S. The van der Waals surface area contributed by atoms with Crippen LogP contribution in [0, 0.1) is 22.7 Å². The van der Waals surface area contributed by atoms with Gasteiger partial charge in [0.2, 0.25) is 10.0 Å². The Kier molecular flexibility index (Phi) is 11.7. The van der Waals surface area contributed by atoms with Crippen LogP contribution < -0.4 is 20.9 Å². The van der Waals surface area contributed by atoms with Crippen LogP contribution in [0.15, 0.2) is 89.7 Å². The van der Waals surface area contributed by atoms with Gasteiger partial charge in [-0.25, -0.2) is 32.5 Å². The van der Waals surface area contributed by atoms with Gasteiger partial charge in [0.15, 0.2) is 0 Å². The molecule has 2 aliphatic heterocycles. The number of rotatable bonds is 13. The van der Waals surface area contributed by atoms with Crippen molar-refractivity contribution in [3.05, 3.63) is 118 Å². The van der Waals surface area contributed by atoms with Crippen molar-refractivity contribution in [2.24, 2.45) is 22.7 Å². The Hall–Kier alpha value is -5.99. The number of amides is 2. The molecule has 348 valence electrons. The fourth-order valence-electron chi connectivity index (χ4n) is 10.3. The number of Topliss-reactive ketones (excluding diaryl/α,β-unsaturated/α-hetero) is 1. The number of pyridine rings is 2. The predicted molar refractivity (Wildman–Crippen MR) is 255 cm³/mol. The minimum Gasteiger partial charge on any atom is -0.480 e. The number of ketones is 1. The Morgan fingerprint density at radius 3 is 2.42 bits per heavy atom. The summed E-state index contributed by atoms with van der Waals surface area (Å²) < 4.78 is 40.1. The minimum absolute atomic E-state index is 0.0746. The molecule has 4 N–H and O–H groups in total. The van der Waals surface area contributed by atoms with E-state index in [2.05, 4.69) is 15.4 Å². The van der Waals surface area contributed by atoms with Crippen LogP contribution in [0.3, 0.4) is 0 Å². The lowest BCUT2D eigenvalue weighted by atomic mass is 9.70. The third-order valence-electron chi connectivity index (χ3n) is 14.2. The third-order valence-corrected chi connectivity index (χ3v) is 17.0. The Bertz CT molecular complexity index is 3100. The molecule has 0 radical (unpaired) electrons. The van der Waals surface area contributed by atoms with Gasteiger partial charge in [-0.2, -0.15) is 0 Å². The molecule has 2 aromatic heterocycles. The van der Waals surface area contributed by atoms with Crippen LogP contribution in [0.4, 0.5) is 10.5 Å². The number of para-hydroxylation sites is 1. The first-order valence-corrected chi connectivity index (χ1v) is 24.7. The minimum atomic E-state index is -4.15. The molecule has 18 heteroatoms. The number of carboxylic acid groups (broad SMARTS) is 1. The first-order valence-electron chi connectivity index (χ1n) is 22.0. The summed E-state index contributed by atoms with van der Waals surface area (Å²) in [7, 11) is -4.15. The number of sulfonamides is 1. The zero-order valence-electron chi connectivity index (χ0n) is 37.1. The molecular weight excluding hydrogens is 994 g/mol. The molecule has 2 bridgehead atoms. The van der Waals surface area contributed by atoms with Crippen molar-refractivity contribution in [1.82, 2.24) is 19.6 Å². The van der Waals surface area contributed by atoms with Gasteiger partial charge in [0.1, 0.15) is 24.5 Å². The summed E-state index contributed by atoms with van der Waals surface area (Å²) in [6.07, 6.45) is 1.43. The monoisotopic (exact) mass is 1040 g/mol. The first-order chi connectivity index (χ1) is 31.7. The largest absolute Gasteiger partial charge is 0.480 e. The Morgan fingerprint density at radius 1 is 0.985 bits per heavy atom. The number of urea groups is 1. The Morgan fingerprint density at radius 2 is 1.73 bits per heavy atom. The number of hydrogen-bond donors (Lipinski definition) is 4. The average Bonchev–Trinajstić information content (AvgIpc) is 3.81. The summed E-state index contributed by atoms with van der Waals surface area (Å²) in [5.74, 6) is -4.07. The highest BCUT2D eigenvalue weighted by Crippen LogP contribution is 2.64. The van der Waals surface area contributed by atoms with E-state index in [4.69, 9.17) is 14.5 Å². The SMILES string of the molecule is CC(C)[C@H](NC(=O)Nc1cccc(-c2ccc(C[C@H](NS(=O)(=O)CC34CCC(CC3=O)C4(C)C)C(=O)O)cc2)c1)C(=O)O[C@]1(I)C(=O)OCc2c1cc1n(c2=O)Cc2cc3ccccc3nc2-1. The van der Waals surface area contributed by atoms with Crippen LogP contribution in [-0.2, 0) is 61.9 Å². The van der Waals surface area contributed by atoms with E-state index < -0.39 is 77.7 Å². The summed E-state index contributed by atoms with van der Waals surface area (Å²) in [4.78, 5) is 85.0. The predicted octanol–water partition coefficient (Wildman–Crippen LogP) is 6.44. The molecule has 5 aromatic rings. The van der Waals surface area contributed by atoms with Gasteiger partial charge in [0.25, 0.3) is 9.17 Å². The maximum absolute atomic E-state index is 14.0. The normalized spacial score (nSPS) is 22.1. The van der Waals surface area contributed by atoms with Crippen LogP contribution in [-0.4, -0.2) is 70.6 Å². The lowest BCUT2D eigenvalue weighted by molar-refractivity contribution is -0.175. The number of carboxylic acids is 1. The lowest BCUT2D eigenvalue weighted by Gasteiger charge is -2.36. The third kappa shape index (κ3) is 8.19. The van der Waals surface area contributed by atoms with Crippen molar-refractivity contribution in [2.75, 3.05) is 11.1 Å². The van der Waals surface area contributed by atoms with E-state index >= 15 is 0 Å². The molecule has 9 rings (SSSR count). The van der Waals surface area contributed by atoms with Crippen molar-refractivity contribution in [3.8, 4) is 22.5 Å². The van der Waals surface area contributed by atoms with Crippen LogP contribution in [0.2, 0.25) is 0 Å². The highest BCUT2D eigenvalue weighted by molar-refractivity contribution is 14.1. The van der Waals surface area contributed by atoms with Crippen molar-refractivity contribution >= 4 is 78.9 Å². The molecule has 4 heterocycles. The van der Waals surface area contributed by atoms with Gasteiger partial charge < -0.3 is 29.8 Å². The van der Waals surface area contributed by atoms with Crippen molar-refractivity contribution in [2.45, 2.75) is 82.2 Å². The van der Waals surface area contributed by atoms with Gasteiger partial charge in [-0.15, -0.1) is 0 Å². The molecule has 5 atom stereocenters. The number of aromatic nitrogens is 2. The van der Waals surface area contributed by atoms with Gasteiger partial charge in [-0.1, -0.05) is 82.3 Å². The van der Waals surface area contributed by atoms with Crippen LogP contribution in [0.1, 0.15) is 69.2 Å². The van der Waals surface area contributed by atoms with Gasteiger partial charge in [0, 0.05) is 34.0 Å². The Labute approximate surface area is 399 Å². The molecule has 67 heavy (non-hydrogen) atoms. The fraction of sp³-hybridized carbons (Fsp3) is 0.367. The highest BCUT2D eigenvalue weighted by Gasteiger charge is 2.65. The number of fused-ring (bicyclic) bond motifs is 7. The van der Waals surface area contributed by atoms with Crippen LogP contribution >= 0.6 is 22.6 Å². The van der Waals surface area contributed by atoms with Crippen LogP contribution in [0.25, 0.3) is 33.4 Å². The number of nitrogens with one attached hydrogen (secondary N) is 3. The number of carbonyl (C=O) groups is 5. The van der Waals surface area contributed by atoms with Gasteiger partial charge in [-0.3, -0.25) is 14.4 Å². The number of esters is 2. The first kappa shape index (κ1) is 46.1. The highest BCUT2D eigenvalue weighted by atomic mass is 127. The van der Waals surface area contributed by atoms with Gasteiger partial charge in [-0.05, 0) is 106 Å². The van der Waals surface area contributed by atoms with Gasteiger partial charge in [0.05, 0.1) is 34.8 Å². The molecule has 2 unspecified atom stereocenters. The summed E-state index contributed by atoms with van der Waals surface area (Å²) >= 11 is 1.69. The quantitative estimate of drug-likeness (QED) is 0.0557. The second kappa shape index (κ2) is 17.0. The van der Waals surface area contributed by atoms with E-state index in [1.54, 1.807) is 95.6 Å². The number of hydrogen-bond acceptors (Lipinski definition) is 11. The number of alkyl halides is 1. The van der Waals surface area contributed by atoms with E-state index in [1.165, 1.54) is 0 Å². The smallest absolute Gasteiger partial charge is 0.366 e. The van der Waals surface area contributed by atoms with E-state index in [0.29, 0.717) is 46.6 Å². The van der Waals surface area contributed by atoms with Gasteiger partial charge >= 0.3 is 23.9 Å². The number of anilines is 1. The summed E-state index contributed by atoms with van der Waals surface area (Å²) in [5.41, 5.74) is 3.37. The molecule has 0 saturated heterocycles. The molecule has 3 aromatic carbocycles. The standard InChI is InChI=1S/C49H48IN5O11S/c1-26(2)40(44(60)66-49(50)35-22-38-41-31(19-30-8-5-6-11-36(30)52-41)23-55(38)42(57)34(35)24-65-45(49)61)53-46(62)51-33-10-7-9-29(20-33)28-14-12-27(13-15-28)18-37(43(58)59)54-67(63,64)25-48-17-16-32(21-39(48)56)47(48,3)4/h5-15,19-20,22,26,32,37,40,54H,16-18,21,23-25H2,1-4H3,(H,58,59)(H2,51,53,62)/t32?,37-,40-,48?,49-/m0/s1. The van der Waals surface area contributed by atoms with Crippen molar-refractivity contribution in [1.29, 1.82) is 0 Å². The average molecular weight is 1040 g/mol. The molecule has 2 amide bonds. The zero-order valence-corrected chi connectivity index (χ0v) is 40.0. The summed E-state index contributed by atoms with van der Waals surface area (Å²) in [6, 6.07) is 21.5. The van der Waals surface area contributed by atoms with Crippen molar-refractivity contribution < 1.29 is 47.0 Å². The molecule has 2 saturated carbocycles. The van der Waals surface area contributed by atoms with E-state index in [1.807, 2.05) is 44.2 Å². The maximum Gasteiger partial charge on any atom is 0.366 e. The van der Waals surface area contributed by atoms with Crippen LogP contribution in [0.5, 0.6) is 0 Å². The van der Waals surface area contributed by atoms with E-state index in [0.717, 1.165) is 22.9 Å². The number of benzene rings is 3. The van der Waals surface area contributed by atoms with Crippen molar-refractivity contribution in [3.63, 3.8) is 0 Å². The second-order valence-electron chi connectivity index (χ2n) is 18.8. The second-order valence-corrected chi connectivity index (χ2v) is 22.1. The number of carbonyl (C=O) groups excluding carboxylic acids is 4. The topological polar surface area (TPSA) is 229 Å². The maximum atomic E-state index is 14.0. The summed E-state index contributed by atoms with van der Waals surface area (Å²) in [6.45, 7) is 7.22. The van der Waals surface area contributed by atoms with E-state index in [9.17, 15) is 42.3 Å². The summed E-state index contributed by atoms with van der Waals surface area (Å²) in [5, 5.41) is 16.4. The number of nitrogens with zero attached hydrogens (tertiary/aromatic N) is 2. The molecule has 2 fully saturated rings.